The van der Waals surface area contributed by atoms with Crippen molar-refractivity contribution in [2.45, 2.75) is 63.7 Å². The SMILES string of the molecule is CC1CN(C2CCC(N)CC2)CC(C)N1C. The molecule has 3 nitrogen and oxygen atoms in total. The van der Waals surface area contributed by atoms with Gasteiger partial charge in [0, 0.05) is 37.3 Å². The highest BCUT2D eigenvalue weighted by atomic mass is 15.3. The molecule has 94 valence electrons. The predicted octanol–water partition coefficient (Wildman–Crippen LogP) is 1.28. The largest absolute Gasteiger partial charge is 0.328 e. The number of hydrogen-bond donors (Lipinski definition) is 1. The van der Waals surface area contributed by atoms with Crippen molar-refractivity contribution >= 4 is 0 Å². The van der Waals surface area contributed by atoms with Gasteiger partial charge in [0.15, 0.2) is 0 Å². The molecular formula is C13H27N3. The van der Waals surface area contributed by atoms with E-state index in [-0.39, 0.29) is 0 Å². The number of hydrogen-bond acceptors (Lipinski definition) is 3. The summed E-state index contributed by atoms with van der Waals surface area (Å²) in [7, 11) is 2.25. The van der Waals surface area contributed by atoms with Crippen molar-refractivity contribution in [1.82, 2.24) is 9.80 Å². The number of likely N-dealkylation sites (N-methyl/N-ethyl adjacent to an activating group) is 1. The topological polar surface area (TPSA) is 32.5 Å². The van der Waals surface area contributed by atoms with E-state index in [4.69, 9.17) is 5.73 Å². The summed E-state index contributed by atoms with van der Waals surface area (Å²) in [4.78, 5) is 5.21. The molecule has 1 saturated carbocycles. The van der Waals surface area contributed by atoms with E-state index in [1.54, 1.807) is 0 Å². The molecular weight excluding hydrogens is 198 g/mol. The van der Waals surface area contributed by atoms with Crippen LogP contribution in [0, 0.1) is 0 Å². The van der Waals surface area contributed by atoms with Gasteiger partial charge in [0.2, 0.25) is 0 Å². The zero-order valence-corrected chi connectivity index (χ0v) is 11.0. The lowest BCUT2D eigenvalue weighted by molar-refractivity contribution is 0.0219. The Kier molecular flexibility index (Phi) is 3.88. The van der Waals surface area contributed by atoms with Gasteiger partial charge in [-0.15, -0.1) is 0 Å². The first kappa shape index (κ1) is 12.3. The van der Waals surface area contributed by atoms with E-state index < -0.39 is 0 Å². The number of piperazine rings is 1. The Balaban J connectivity index is 1.90. The highest BCUT2D eigenvalue weighted by molar-refractivity contribution is 4.89. The van der Waals surface area contributed by atoms with E-state index in [0.717, 1.165) is 6.04 Å². The first-order valence-electron chi connectivity index (χ1n) is 6.79. The van der Waals surface area contributed by atoms with Crippen molar-refractivity contribution in [3.05, 3.63) is 0 Å². The van der Waals surface area contributed by atoms with Gasteiger partial charge in [0.1, 0.15) is 0 Å². The van der Waals surface area contributed by atoms with Crippen molar-refractivity contribution in [1.29, 1.82) is 0 Å². The standard InChI is InChI=1S/C13H27N3/c1-10-8-16(9-11(2)15(10)3)13-6-4-12(14)5-7-13/h10-13H,4-9,14H2,1-3H3. The molecule has 2 unspecified atom stereocenters. The minimum atomic E-state index is 0.471. The van der Waals surface area contributed by atoms with Crippen molar-refractivity contribution in [3.8, 4) is 0 Å². The first-order chi connectivity index (χ1) is 7.58. The number of nitrogens with two attached hydrogens (primary N) is 1. The molecule has 2 rings (SSSR count). The molecule has 0 aromatic carbocycles. The lowest BCUT2D eigenvalue weighted by Gasteiger charge is -2.47. The molecule has 1 aliphatic carbocycles. The molecule has 0 spiro atoms. The Hall–Kier alpha value is -0.120. The van der Waals surface area contributed by atoms with Crippen LogP contribution in [0.2, 0.25) is 0 Å². The van der Waals surface area contributed by atoms with Gasteiger partial charge in [-0.3, -0.25) is 9.80 Å². The molecule has 1 aliphatic heterocycles. The second-order valence-corrected chi connectivity index (χ2v) is 5.89. The van der Waals surface area contributed by atoms with Crippen LogP contribution >= 0.6 is 0 Å². The van der Waals surface area contributed by atoms with Crippen LogP contribution < -0.4 is 5.73 Å². The summed E-state index contributed by atoms with van der Waals surface area (Å²) < 4.78 is 0. The fourth-order valence-corrected chi connectivity index (χ4v) is 3.21. The maximum absolute atomic E-state index is 5.98. The second-order valence-electron chi connectivity index (χ2n) is 5.89. The molecule has 2 atom stereocenters. The molecule has 0 aromatic rings. The fourth-order valence-electron chi connectivity index (χ4n) is 3.21. The van der Waals surface area contributed by atoms with E-state index in [9.17, 15) is 0 Å². The normalized spacial score (nSPS) is 43.5. The maximum atomic E-state index is 5.98. The highest BCUT2D eigenvalue weighted by Crippen LogP contribution is 2.25. The van der Waals surface area contributed by atoms with Crippen molar-refractivity contribution in [2.75, 3.05) is 20.1 Å². The third-order valence-electron chi connectivity index (χ3n) is 4.65. The highest BCUT2D eigenvalue weighted by Gasteiger charge is 2.32. The van der Waals surface area contributed by atoms with Gasteiger partial charge in [0.25, 0.3) is 0 Å². The fraction of sp³-hybridized carbons (Fsp3) is 1.00. The third-order valence-corrected chi connectivity index (χ3v) is 4.65. The van der Waals surface area contributed by atoms with Crippen molar-refractivity contribution < 1.29 is 0 Å². The summed E-state index contributed by atoms with van der Waals surface area (Å²) in [5, 5.41) is 0. The van der Waals surface area contributed by atoms with Gasteiger partial charge in [0.05, 0.1) is 0 Å². The Morgan fingerprint density at radius 3 is 1.94 bits per heavy atom. The first-order valence-corrected chi connectivity index (χ1v) is 6.79. The van der Waals surface area contributed by atoms with E-state index in [2.05, 4.69) is 30.7 Å². The summed E-state index contributed by atoms with van der Waals surface area (Å²) in [6.45, 7) is 7.16. The maximum Gasteiger partial charge on any atom is 0.0195 e. The monoisotopic (exact) mass is 225 g/mol. The van der Waals surface area contributed by atoms with Gasteiger partial charge in [-0.2, -0.15) is 0 Å². The number of nitrogens with zero attached hydrogens (tertiary/aromatic N) is 2. The Morgan fingerprint density at radius 1 is 0.938 bits per heavy atom. The van der Waals surface area contributed by atoms with Crippen LogP contribution in [0.5, 0.6) is 0 Å². The lowest BCUT2D eigenvalue weighted by atomic mass is 9.89. The quantitative estimate of drug-likeness (QED) is 0.730. The van der Waals surface area contributed by atoms with Crippen molar-refractivity contribution in [3.63, 3.8) is 0 Å². The van der Waals surface area contributed by atoms with E-state index in [1.807, 2.05) is 0 Å². The molecule has 2 N–H and O–H groups in total. The summed E-state index contributed by atoms with van der Waals surface area (Å²) >= 11 is 0. The average molecular weight is 225 g/mol. The molecule has 2 aliphatic rings. The molecule has 0 radical (unpaired) electrons. The predicted molar refractivity (Wildman–Crippen MR) is 68.5 cm³/mol. The summed E-state index contributed by atoms with van der Waals surface area (Å²) in [5.74, 6) is 0. The minimum absolute atomic E-state index is 0.471. The molecule has 0 aromatic heterocycles. The van der Waals surface area contributed by atoms with E-state index in [0.29, 0.717) is 18.1 Å². The van der Waals surface area contributed by atoms with Gasteiger partial charge >= 0.3 is 0 Å². The molecule has 0 bridgehead atoms. The molecule has 16 heavy (non-hydrogen) atoms. The third kappa shape index (κ3) is 2.58. The zero-order valence-electron chi connectivity index (χ0n) is 11.0. The molecule has 1 heterocycles. The summed E-state index contributed by atoms with van der Waals surface area (Å²) in [6, 6.07) is 2.66. The van der Waals surface area contributed by atoms with Crippen molar-refractivity contribution in [2.24, 2.45) is 5.73 Å². The molecule has 2 fully saturated rings. The Labute approximate surface area is 100.0 Å². The van der Waals surface area contributed by atoms with Crippen LogP contribution in [-0.4, -0.2) is 54.1 Å². The van der Waals surface area contributed by atoms with Crippen LogP contribution in [0.25, 0.3) is 0 Å². The smallest absolute Gasteiger partial charge is 0.0195 e. The molecule has 1 saturated heterocycles. The molecule has 3 heteroatoms. The lowest BCUT2D eigenvalue weighted by Crippen LogP contribution is -2.58. The summed E-state index contributed by atoms with van der Waals surface area (Å²) in [6.07, 6.45) is 5.06. The van der Waals surface area contributed by atoms with Gasteiger partial charge in [-0.25, -0.2) is 0 Å². The van der Waals surface area contributed by atoms with Gasteiger partial charge in [-0.1, -0.05) is 0 Å². The van der Waals surface area contributed by atoms with Gasteiger partial charge < -0.3 is 5.73 Å². The number of rotatable bonds is 1. The average Bonchev–Trinajstić information content (AvgIpc) is 2.26. The second kappa shape index (κ2) is 5.03. The Bertz CT molecular complexity index is 211. The minimum Gasteiger partial charge on any atom is -0.328 e. The van der Waals surface area contributed by atoms with Crippen LogP contribution in [0.1, 0.15) is 39.5 Å². The Morgan fingerprint density at radius 2 is 1.44 bits per heavy atom. The van der Waals surface area contributed by atoms with E-state index >= 15 is 0 Å². The molecule has 0 amide bonds. The van der Waals surface area contributed by atoms with Crippen LogP contribution in [0.4, 0.5) is 0 Å². The van der Waals surface area contributed by atoms with Gasteiger partial charge in [-0.05, 0) is 46.6 Å². The van der Waals surface area contributed by atoms with Crippen LogP contribution in [0.15, 0.2) is 0 Å². The zero-order chi connectivity index (χ0) is 11.7. The van der Waals surface area contributed by atoms with E-state index in [1.165, 1.54) is 38.8 Å². The van der Waals surface area contributed by atoms with Crippen LogP contribution in [-0.2, 0) is 0 Å². The van der Waals surface area contributed by atoms with Crippen LogP contribution in [0.3, 0.4) is 0 Å². The summed E-state index contributed by atoms with van der Waals surface area (Å²) in [5.41, 5.74) is 5.98.